The molecule has 13 nitrogen and oxygen atoms in total. The molecule has 1 fully saturated rings. The number of rotatable bonds is 11. The zero-order valence-electron chi connectivity index (χ0n) is 26.5. The molecular weight excluding hydrogens is 648 g/mol. The Hall–Kier alpha value is -3.90. The highest BCUT2D eigenvalue weighted by Crippen LogP contribution is 2.49. The van der Waals surface area contributed by atoms with Crippen molar-refractivity contribution in [3.8, 4) is 18.1 Å². The van der Waals surface area contributed by atoms with Gasteiger partial charge in [0.2, 0.25) is 11.6 Å². The third kappa shape index (κ3) is 7.18. The highest BCUT2D eigenvalue weighted by atomic mass is 32.5. The van der Waals surface area contributed by atoms with Crippen molar-refractivity contribution in [2.24, 2.45) is 5.41 Å². The SMILES string of the molecule is C#C[C@@]1(F)[C@H](O)[C@@H](CO[P@@](=S)(N[C@@H](C)C(=O)OCC(C)(C)C)Oc2cccc3ccccc23)O[C@H]1n1cnc2c(NC)nc(N)nc21. The lowest BCUT2D eigenvalue weighted by Crippen LogP contribution is -2.42. The Morgan fingerprint density at radius 3 is 2.72 bits per heavy atom. The molecule has 0 saturated carbocycles. The molecule has 250 valence electrons. The first-order chi connectivity index (χ1) is 22.2. The minimum absolute atomic E-state index is 0.0975. The maximum Gasteiger partial charge on any atom is 0.323 e. The number of benzene rings is 2. The van der Waals surface area contributed by atoms with Gasteiger partial charge < -0.3 is 34.7 Å². The number of anilines is 2. The molecule has 0 amide bonds. The van der Waals surface area contributed by atoms with Gasteiger partial charge in [-0.05, 0) is 35.6 Å². The van der Waals surface area contributed by atoms with Gasteiger partial charge in [-0.2, -0.15) is 9.97 Å². The second-order valence-electron chi connectivity index (χ2n) is 12.3. The van der Waals surface area contributed by atoms with E-state index < -0.39 is 49.4 Å². The number of ether oxygens (including phenoxy) is 2. The lowest BCUT2D eigenvalue weighted by Gasteiger charge is -2.28. The summed E-state index contributed by atoms with van der Waals surface area (Å²) in [6, 6.07) is 12.0. The van der Waals surface area contributed by atoms with Crippen LogP contribution in [0.1, 0.15) is 33.9 Å². The Morgan fingerprint density at radius 2 is 2.02 bits per heavy atom. The zero-order chi connectivity index (χ0) is 34.1. The number of aliphatic hydroxyl groups is 1. The van der Waals surface area contributed by atoms with E-state index in [0.29, 0.717) is 11.6 Å². The Balaban J connectivity index is 1.43. The molecule has 5 rings (SSSR count). The predicted molar refractivity (Wildman–Crippen MR) is 180 cm³/mol. The quantitative estimate of drug-likeness (QED) is 0.101. The van der Waals surface area contributed by atoms with Crippen molar-refractivity contribution >= 4 is 58.1 Å². The van der Waals surface area contributed by atoms with Crippen LogP contribution in [-0.4, -0.2) is 74.8 Å². The summed E-state index contributed by atoms with van der Waals surface area (Å²) in [5, 5.41) is 18.6. The molecule has 16 heteroatoms. The van der Waals surface area contributed by atoms with E-state index in [1.165, 1.54) is 10.9 Å². The lowest BCUT2D eigenvalue weighted by atomic mass is 9.97. The third-order valence-electron chi connectivity index (χ3n) is 7.32. The van der Waals surface area contributed by atoms with Crippen molar-refractivity contribution < 1.29 is 32.8 Å². The number of aliphatic hydroxyl groups excluding tert-OH is 1. The van der Waals surface area contributed by atoms with Crippen molar-refractivity contribution in [1.29, 1.82) is 0 Å². The number of fused-ring (bicyclic) bond motifs is 2. The van der Waals surface area contributed by atoms with E-state index in [-0.39, 0.29) is 29.1 Å². The van der Waals surface area contributed by atoms with Crippen molar-refractivity contribution in [1.82, 2.24) is 24.6 Å². The first-order valence-corrected chi connectivity index (χ1v) is 17.4. The largest absolute Gasteiger partial charge is 0.464 e. The van der Waals surface area contributed by atoms with Crippen LogP contribution in [0.5, 0.6) is 5.75 Å². The standard InChI is InChI=1S/C31H37FN7O6PS/c1-7-31(32)24(40)22(44-28(31)39-17-35-23-25(34-6)36-29(33)37-26(23)39)15-43-46(47,38-18(2)27(41)42-16-30(3,4)5)45-21-14-10-12-19-11-8-9-13-20(19)21/h1,8-14,17-18,22,24,28,40H,15-16H2,2-6H3,(H,38,47)(H3,33,34,36,37)/t18-,22+,24+,28+,31+,46-/m0/s1. The molecule has 5 N–H and O–H groups in total. The smallest absolute Gasteiger partial charge is 0.323 e. The minimum atomic E-state index is -3.63. The second-order valence-corrected chi connectivity index (χ2v) is 15.4. The van der Waals surface area contributed by atoms with Gasteiger partial charge in [-0.3, -0.25) is 9.36 Å². The molecule has 0 unspecified atom stereocenters. The van der Waals surface area contributed by atoms with E-state index in [2.05, 4.69) is 25.4 Å². The fraction of sp³-hybridized carbons (Fsp3) is 0.419. The molecule has 2 aromatic carbocycles. The number of alkyl halides is 1. The van der Waals surface area contributed by atoms with E-state index >= 15 is 4.39 Å². The maximum atomic E-state index is 16.4. The predicted octanol–water partition coefficient (Wildman–Crippen LogP) is 4.09. The number of aromatic nitrogens is 4. The number of carbonyl (C=O) groups excluding carboxylic acids is 1. The van der Waals surface area contributed by atoms with Crippen LogP contribution in [-0.2, 0) is 30.6 Å². The number of halogens is 1. The highest BCUT2D eigenvalue weighted by molar-refractivity contribution is 8.09. The number of nitrogens with zero attached hydrogens (tertiary/aromatic N) is 4. The Kier molecular flexibility index (Phi) is 9.75. The van der Waals surface area contributed by atoms with Crippen molar-refractivity contribution in [3.63, 3.8) is 0 Å². The Labute approximate surface area is 276 Å². The number of esters is 1. The molecule has 1 aliphatic rings. The first-order valence-electron chi connectivity index (χ1n) is 14.7. The van der Waals surface area contributed by atoms with E-state index in [0.717, 1.165) is 10.8 Å². The molecule has 0 aliphatic carbocycles. The average molecular weight is 686 g/mol. The summed E-state index contributed by atoms with van der Waals surface area (Å²) in [4.78, 5) is 25.5. The topological polar surface area (TPSA) is 168 Å². The summed E-state index contributed by atoms with van der Waals surface area (Å²) in [6.45, 7) is 3.46. The zero-order valence-corrected chi connectivity index (χ0v) is 28.2. The molecular formula is C31H37FN7O6PS. The number of nitrogens with two attached hydrogens (primary N) is 1. The Morgan fingerprint density at radius 1 is 1.30 bits per heavy atom. The van der Waals surface area contributed by atoms with E-state index in [1.54, 1.807) is 26.1 Å². The number of carbonyl (C=O) groups is 1. The van der Waals surface area contributed by atoms with Crippen LogP contribution in [0.25, 0.3) is 21.9 Å². The number of hydrogen-bond acceptors (Lipinski definition) is 12. The van der Waals surface area contributed by atoms with Gasteiger partial charge in [0, 0.05) is 12.4 Å². The molecule has 4 aromatic rings. The third-order valence-corrected chi connectivity index (χ3v) is 9.81. The summed E-state index contributed by atoms with van der Waals surface area (Å²) in [5.41, 5.74) is 3.28. The number of terminal acetylenes is 1. The van der Waals surface area contributed by atoms with Gasteiger partial charge in [0.25, 0.3) is 0 Å². The van der Waals surface area contributed by atoms with Crippen molar-refractivity contribution in [3.05, 3.63) is 48.8 Å². The molecule has 2 aromatic heterocycles. The maximum absolute atomic E-state index is 16.4. The number of imidazole rings is 1. The molecule has 1 saturated heterocycles. The van der Waals surface area contributed by atoms with Gasteiger partial charge in [0.05, 0.1) is 19.5 Å². The monoisotopic (exact) mass is 685 g/mol. The van der Waals surface area contributed by atoms with Crippen molar-refractivity contribution in [2.45, 2.75) is 57.8 Å². The van der Waals surface area contributed by atoms with E-state index in [9.17, 15) is 9.90 Å². The van der Waals surface area contributed by atoms with Gasteiger partial charge in [-0.15, -0.1) is 6.42 Å². The van der Waals surface area contributed by atoms with Crippen LogP contribution in [0.4, 0.5) is 16.2 Å². The first kappa shape index (κ1) is 34.4. The highest BCUT2D eigenvalue weighted by Gasteiger charge is 2.58. The van der Waals surface area contributed by atoms with Crippen LogP contribution < -0.4 is 20.7 Å². The van der Waals surface area contributed by atoms with Gasteiger partial charge in [0.1, 0.15) is 24.0 Å². The lowest BCUT2D eigenvalue weighted by molar-refractivity contribution is -0.148. The molecule has 3 heterocycles. The Bertz CT molecular complexity index is 1880. The summed E-state index contributed by atoms with van der Waals surface area (Å²) >= 11 is 5.90. The van der Waals surface area contributed by atoms with Gasteiger partial charge in [-0.1, -0.05) is 63.1 Å². The molecule has 47 heavy (non-hydrogen) atoms. The van der Waals surface area contributed by atoms with Gasteiger partial charge >= 0.3 is 12.6 Å². The average Bonchev–Trinajstić information content (AvgIpc) is 3.56. The fourth-order valence-electron chi connectivity index (χ4n) is 4.96. The van der Waals surface area contributed by atoms with Crippen LogP contribution >= 0.6 is 6.64 Å². The van der Waals surface area contributed by atoms with Gasteiger partial charge in [-0.25, -0.2) is 14.5 Å². The minimum Gasteiger partial charge on any atom is -0.464 e. The molecule has 0 spiro atoms. The summed E-state index contributed by atoms with van der Waals surface area (Å²) in [7, 11) is 1.62. The fourth-order valence-corrected chi connectivity index (χ4v) is 7.38. The number of nitrogen functional groups attached to an aromatic ring is 1. The summed E-state index contributed by atoms with van der Waals surface area (Å²) in [5.74, 6) is 2.07. The van der Waals surface area contributed by atoms with Crippen LogP contribution in [0.2, 0.25) is 0 Å². The van der Waals surface area contributed by atoms with Crippen LogP contribution in [0, 0.1) is 17.8 Å². The molecule has 0 bridgehead atoms. The van der Waals surface area contributed by atoms with Crippen LogP contribution in [0.3, 0.4) is 0 Å². The second kappa shape index (κ2) is 13.3. The normalized spacial score (nSPS) is 23.2. The van der Waals surface area contributed by atoms with E-state index in [1.807, 2.05) is 57.0 Å². The molecule has 6 atom stereocenters. The summed E-state index contributed by atoms with van der Waals surface area (Å²) in [6.07, 6.45) is 2.13. The van der Waals surface area contributed by atoms with Gasteiger partial charge in [0.15, 0.2) is 23.2 Å². The molecule has 0 radical (unpaired) electrons. The van der Waals surface area contributed by atoms with E-state index in [4.69, 9.17) is 42.5 Å². The molecule has 1 aliphatic heterocycles. The number of nitrogens with one attached hydrogen (secondary N) is 2. The summed E-state index contributed by atoms with van der Waals surface area (Å²) < 4.78 is 41.6. The van der Waals surface area contributed by atoms with Crippen LogP contribution in [0.15, 0.2) is 48.8 Å². The van der Waals surface area contributed by atoms with Crippen molar-refractivity contribution in [2.75, 3.05) is 31.3 Å². The number of hydrogen-bond donors (Lipinski definition) is 4.